The van der Waals surface area contributed by atoms with Crippen LogP contribution in [0.2, 0.25) is 0 Å². The Hall–Kier alpha value is -1.58. The highest BCUT2D eigenvalue weighted by molar-refractivity contribution is 7.89. The van der Waals surface area contributed by atoms with Gasteiger partial charge in [0.05, 0.1) is 4.90 Å². The molecule has 1 unspecified atom stereocenters. The SMILES string of the molecule is Cc1ccc(S(=O)(=O)NC2CC2)cc1C(=O)N1CCNCC1C(F)F. The van der Waals surface area contributed by atoms with Crippen molar-refractivity contribution in [3.8, 4) is 0 Å². The molecule has 9 heteroatoms. The van der Waals surface area contributed by atoms with Crippen LogP contribution in [0.25, 0.3) is 0 Å². The van der Waals surface area contributed by atoms with Gasteiger partial charge in [-0.3, -0.25) is 4.79 Å². The van der Waals surface area contributed by atoms with Gasteiger partial charge in [-0.1, -0.05) is 6.07 Å². The van der Waals surface area contributed by atoms with Gasteiger partial charge in [0.15, 0.2) is 0 Å². The molecule has 1 aliphatic heterocycles. The van der Waals surface area contributed by atoms with Crippen molar-refractivity contribution >= 4 is 15.9 Å². The van der Waals surface area contributed by atoms with E-state index in [9.17, 15) is 22.0 Å². The quantitative estimate of drug-likeness (QED) is 0.811. The van der Waals surface area contributed by atoms with Gasteiger partial charge in [0.25, 0.3) is 12.3 Å². The zero-order valence-corrected chi connectivity index (χ0v) is 14.7. The summed E-state index contributed by atoms with van der Waals surface area (Å²) >= 11 is 0. The van der Waals surface area contributed by atoms with Crippen LogP contribution in [0.1, 0.15) is 28.8 Å². The molecule has 0 aromatic heterocycles. The van der Waals surface area contributed by atoms with Gasteiger partial charge in [-0.05, 0) is 37.5 Å². The highest BCUT2D eigenvalue weighted by Gasteiger charge is 2.35. The number of piperazine rings is 1. The van der Waals surface area contributed by atoms with Crippen molar-refractivity contribution in [2.24, 2.45) is 0 Å². The second kappa shape index (κ2) is 6.97. The van der Waals surface area contributed by atoms with E-state index in [0.717, 1.165) is 17.7 Å². The van der Waals surface area contributed by atoms with Crippen LogP contribution in [0.4, 0.5) is 8.78 Å². The fraction of sp³-hybridized carbons (Fsp3) is 0.562. The molecule has 6 nitrogen and oxygen atoms in total. The Balaban J connectivity index is 1.90. The van der Waals surface area contributed by atoms with Gasteiger partial charge in [-0.25, -0.2) is 21.9 Å². The minimum Gasteiger partial charge on any atom is -0.327 e. The number of aryl methyl sites for hydroxylation is 1. The zero-order valence-electron chi connectivity index (χ0n) is 13.8. The van der Waals surface area contributed by atoms with Crippen LogP contribution in [0.15, 0.2) is 23.1 Å². The second-order valence-corrected chi connectivity index (χ2v) is 8.19. The molecular formula is C16H21F2N3O3S. The normalized spacial score (nSPS) is 21.6. The molecule has 0 bridgehead atoms. The van der Waals surface area contributed by atoms with Crippen LogP contribution >= 0.6 is 0 Å². The summed E-state index contributed by atoms with van der Waals surface area (Å²) in [6.45, 7) is 2.26. The van der Waals surface area contributed by atoms with E-state index < -0.39 is 28.4 Å². The Labute approximate surface area is 145 Å². The molecule has 1 saturated heterocycles. The third-order valence-corrected chi connectivity index (χ3v) is 6.00. The number of hydrogen-bond donors (Lipinski definition) is 2. The molecule has 1 aliphatic carbocycles. The molecule has 1 heterocycles. The number of nitrogens with zero attached hydrogens (tertiary/aromatic N) is 1. The molecule has 0 radical (unpaired) electrons. The lowest BCUT2D eigenvalue weighted by Gasteiger charge is -2.36. The van der Waals surface area contributed by atoms with Crippen molar-refractivity contribution in [3.05, 3.63) is 29.3 Å². The van der Waals surface area contributed by atoms with Gasteiger partial charge in [0, 0.05) is 31.2 Å². The average Bonchev–Trinajstić information content (AvgIpc) is 3.37. The van der Waals surface area contributed by atoms with Crippen molar-refractivity contribution in [1.29, 1.82) is 0 Å². The molecule has 3 rings (SSSR count). The minimum atomic E-state index is -3.71. The number of nitrogens with one attached hydrogen (secondary N) is 2. The van der Waals surface area contributed by atoms with Crippen molar-refractivity contribution < 1.29 is 22.0 Å². The maximum atomic E-state index is 13.2. The molecule has 1 aromatic rings. The van der Waals surface area contributed by atoms with Gasteiger partial charge < -0.3 is 10.2 Å². The van der Waals surface area contributed by atoms with Crippen LogP contribution in [0.5, 0.6) is 0 Å². The fourth-order valence-corrected chi connectivity index (χ4v) is 4.18. The molecule has 2 fully saturated rings. The summed E-state index contributed by atoms with van der Waals surface area (Å²) in [5, 5.41) is 2.85. The van der Waals surface area contributed by atoms with Crippen molar-refractivity contribution in [2.45, 2.75) is 43.2 Å². The van der Waals surface area contributed by atoms with E-state index in [1.54, 1.807) is 6.92 Å². The summed E-state index contributed by atoms with van der Waals surface area (Å²) < 4.78 is 53.7. The standard InChI is InChI=1S/C16H21F2N3O3S/c1-10-2-5-12(25(23,24)20-11-3-4-11)8-13(10)16(22)21-7-6-19-9-14(21)15(17)18/h2,5,8,11,14-15,19-20H,3-4,6-7,9H2,1H3. The van der Waals surface area contributed by atoms with Gasteiger partial charge in [-0.2, -0.15) is 0 Å². The van der Waals surface area contributed by atoms with E-state index in [0.29, 0.717) is 12.1 Å². The number of alkyl halides is 2. The highest BCUT2D eigenvalue weighted by Crippen LogP contribution is 2.24. The lowest BCUT2D eigenvalue weighted by atomic mass is 10.1. The fourth-order valence-electron chi connectivity index (χ4n) is 2.84. The van der Waals surface area contributed by atoms with Crippen LogP contribution < -0.4 is 10.0 Å². The minimum absolute atomic E-state index is 0.0166. The lowest BCUT2D eigenvalue weighted by molar-refractivity contribution is 0.0126. The van der Waals surface area contributed by atoms with E-state index in [-0.39, 0.29) is 29.6 Å². The molecular weight excluding hydrogens is 352 g/mol. The first-order valence-corrected chi connectivity index (χ1v) is 9.71. The third kappa shape index (κ3) is 3.99. The number of benzene rings is 1. The molecule has 1 aromatic carbocycles. The largest absolute Gasteiger partial charge is 0.327 e. The molecule has 25 heavy (non-hydrogen) atoms. The van der Waals surface area contributed by atoms with Crippen molar-refractivity contribution in [2.75, 3.05) is 19.6 Å². The van der Waals surface area contributed by atoms with Crippen LogP contribution in [-0.2, 0) is 10.0 Å². The van der Waals surface area contributed by atoms with Crippen LogP contribution in [0, 0.1) is 6.92 Å². The molecule has 1 atom stereocenters. The monoisotopic (exact) mass is 373 g/mol. The zero-order chi connectivity index (χ0) is 18.2. The Morgan fingerprint density at radius 1 is 1.36 bits per heavy atom. The Bertz CT molecular complexity index is 766. The molecule has 2 N–H and O–H groups in total. The smallest absolute Gasteiger partial charge is 0.259 e. The van der Waals surface area contributed by atoms with Crippen LogP contribution in [-0.4, -0.2) is 57.4 Å². The summed E-state index contributed by atoms with van der Waals surface area (Å²) in [5.74, 6) is -0.562. The number of rotatable bonds is 5. The number of halogens is 2. The predicted molar refractivity (Wildman–Crippen MR) is 88.2 cm³/mol. The summed E-state index contributed by atoms with van der Waals surface area (Å²) in [6.07, 6.45) is -1.07. The first-order chi connectivity index (χ1) is 11.8. The average molecular weight is 373 g/mol. The Kier molecular flexibility index (Phi) is 5.08. The van der Waals surface area contributed by atoms with E-state index in [4.69, 9.17) is 0 Å². The van der Waals surface area contributed by atoms with Crippen LogP contribution in [0.3, 0.4) is 0 Å². The summed E-state index contributed by atoms with van der Waals surface area (Å²) in [5.41, 5.74) is 0.702. The van der Waals surface area contributed by atoms with Crippen molar-refractivity contribution in [3.63, 3.8) is 0 Å². The number of sulfonamides is 1. The van der Waals surface area contributed by atoms with Gasteiger partial charge in [0.1, 0.15) is 6.04 Å². The number of carbonyl (C=O) groups is 1. The molecule has 1 saturated carbocycles. The highest BCUT2D eigenvalue weighted by atomic mass is 32.2. The molecule has 1 amide bonds. The summed E-state index contributed by atoms with van der Waals surface area (Å²) in [4.78, 5) is 13.9. The van der Waals surface area contributed by atoms with Crippen molar-refractivity contribution in [1.82, 2.24) is 14.9 Å². The second-order valence-electron chi connectivity index (χ2n) is 6.48. The molecule has 0 spiro atoms. The summed E-state index contributed by atoms with van der Waals surface area (Å²) in [7, 11) is -3.71. The first-order valence-electron chi connectivity index (χ1n) is 8.22. The van der Waals surface area contributed by atoms with Gasteiger partial charge in [-0.15, -0.1) is 0 Å². The summed E-state index contributed by atoms with van der Waals surface area (Å²) in [6, 6.07) is 2.98. The first kappa shape index (κ1) is 18.2. The number of carbonyl (C=O) groups excluding carboxylic acids is 1. The number of amides is 1. The van der Waals surface area contributed by atoms with E-state index >= 15 is 0 Å². The lowest BCUT2D eigenvalue weighted by Crippen LogP contribution is -2.56. The topological polar surface area (TPSA) is 78.5 Å². The van der Waals surface area contributed by atoms with Gasteiger partial charge in [0.2, 0.25) is 10.0 Å². The van der Waals surface area contributed by atoms with E-state index in [1.165, 1.54) is 18.2 Å². The Morgan fingerprint density at radius 2 is 2.08 bits per heavy atom. The maximum Gasteiger partial charge on any atom is 0.259 e. The maximum absolute atomic E-state index is 13.2. The third-order valence-electron chi connectivity index (χ3n) is 4.48. The van der Waals surface area contributed by atoms with E-state index in [1.807, 2.05) is 0 Å². The molecule has 138 valence electrons. The number of hydrogen-bond acceptors (Lipinski definition) is 4. The van der Waals surface area contributed by atoms with E-state index in [2.05, 4.69) is 10.0 Å². The molecule has 2 aliphatic rings. The van der Waals surface area contributed by atoms with Gasteiger partial charge >= 0.3 is 0 Å². The predicted octanol–water partition coefficient (Wildman–Crippen LogP) is 1.11. The Morgan fingerprint density at radius 3 is 2.72 bits per heavy atom.